The molecule has 1 aromatic heterocycles. The topological polar surface area (TPSA) is 73.7 Å². The molecule has 0 bridgehead atoms. The fraction of sp³-hybridized carbons (Fsp3) is 0.250. The lowest BCUT2D eigenvalue weighted by atomic mass is 9.87. The first-order chi connectivity index (χ1) is 17.0. The molecule has 1 aliphatic rings. The van der Waals surface area contributed by atoms with Gasteiger partial charge in [-0.2, -0.15) is 0 Å². The molecule has 0 spiro atoms. The first-order valence-corrected chi connectivity index (χ1v) is 11.6. The minimum atomic E-state index is -0.307. The van der Waals surface area contributed by atoms with Gasteiger partial charge in [0.05, 0.1) is 37.5 Å². The minimum absolute atomic E-state index is 0.0817. The molecule has 1 aliphatic heterocycles. The monoisotopic (exact) mass is 469 g/mol. The van der Waals surface area contributed by atoms with Gasteiger partial charge in [0.1, 0.15) is 6.54 Å². The molecule has 7 heteroatoms. The molecule has 1 atom stereocenters. The number of hydrogen-bond acceptors (Lipinski definition) is 5. The lowest BCUT2D eigenvalue weighted by Crippen LogP contribution is -2.43. The summed E-state index contributed by atoms with van der Waals surface area (Å²) in [6.45, 7) is 2.36. The molecule has 4 aromatic rings. The highest BCUT2D eigenvalue weighted by Gasteiger charge is 2.33. The van der Waals surface area contributed by atoms with Gasteiger partial charge in [-0.15, -0.1) is 0 Å². The van der Waals surface area contributed by atoms with Crippen molar-refractivity contribution >= 4 is 16.8 Å². The predicted octanol–water partition coefficient (Wildman–Crippen LogP) is 3.90. The molecule has 0 saturated carbocycles. The van der Waals surface area contributed by atoms with Crippen LogP contribution in [0.3, 0.4) is 0 Å². The Balaban J connectivity index is 1.55. The maximum Gasteiger partial charge on any atom is 0.261 e. The largest absolute Gasteiger partial charge is 0.493 e. The van der Waals surface area contributed by atoms with E-state index in [-0.39, 0.29) is 24.1 Å². The van der Waals surface area contributed by atoms with E-state index in [0.29, 0.717) is 35.4 Å². The van der Waals surface area contributed by atoms with Crippen LogP contribution >= 0.6 is 0 Å². The van der Waals surface area contributed by atoms with Gasteiger partial charge in [0.2, 0.25) is 5.91 Å². The number of benzene rings is 3. The maximum absolute atomic E-state index is 13.7. The van der Waals surface area contributed by atoms with Crippen molar-refractivity contribution < 1.29 is 14.3 Å². The summed E-state index contributed by atoms with van der Waals surface area (Å²) in [5.41, 5.74) is 4.48. The van der Waals surface area contributed by atoms with Crippen LogP contribution in [0.15, 0.2) is 71.8 Å². The first kappa shape index (κ1) is 22.7. The first-order valence-electron chi connectivity index (χ1n) is 11.6. The summed E-state index contributed by atoms with van der Waals surface area (Å²) in [5.74, 6) is 1.14. The number of carbonyl (C=O) groups excluding carboxylic acids is 1. The SMILES string of the molecule is COc1cc2c(cc1OC)C(c1ccccc1)N(C(=O)Cn1cnc3c(C)cccc3c1=O)CC2. The van der Waals surface area contributed by atoms with Gasteiger partial charge in [-0.1, -0.05) is 42.5 Å². The molecule has 178 valence electrons. The summed E-state index contributed by atoms with van der Waals surface area (Å²) in [7, 11) is 3.22. The average Bonchev–Trinajstić information content (AvgIpc) is 2.89. The lowest BCUT2D eigenvalue weighted by molar-refractivity contribution is -0.134. The number of hydrogen-bond donors (Lipinski definition) is 0. The third kappa shape index (κ3) is 4.03. The minimum Gasteiger partial charge on any atom is -0.493 e. The van der Waals surface area contributed by atoms with E-state index in [9.17, 15) is 9.59 Å². The van der Waals surface area contributed by atoms with Gasteiger partial charge < -0.3 is 14.4 Å². The van der Waals surface area contributed by atoms with Gasteiger partial charge in [0, 0.05) is 6.54 Å². The standard InChI is InChI=1S/C28H27N3O4/c1-18-8-7-11-21-26(18)29-17-30(28(21)33)16-25(32)31-13-12-20-14-23(34-2)24(35-3)15-22(20)27(31)19-9-5-4-6-10-19/h4-11,14-15,17,27H,12-13,16H2,1-3H3. The van der Waals surface area contributed by atoms with Gasteiger partial charge in [-0.05, 0) is 53.8 Å². The highest BCUT2D eigenvalue weighted by Crippen LogP contribution is 2.41. The van der Waals surface area contributed by atoms with Gasteiger partial charge in [-0.3, -0.25) is 14.2 Å². The lowest BCUT2D eigenvalue weighted by Gasteiger charge is -2.38. The molecule has 0 N–H and O–H groups in total. The summed E-state index contributed by atoms with van der Waals surface area (Å²) in [6.07, 6.45) is 2.15. The molecular weight excluding hydrogens is 442 g/mol. The summed E-state index contributed by atoms with van der Waals surface area (Å²) in [5, 5.41) is 0.515. The highest BCUT2D eigenvalue weighted by molar-refractivity contribution is 5.81. The second kappa shape index (κ2) is 9.25. The van der Waals surface area contributed by atoms with Crippen molar-refractivity contribution in [3.05, 3.63) is 99.6 Å². The maximum atomic E-state index is 13.7. The average molecular weight is 470 g/mol. The van der Waals surface area contributed by atoms with Crippen LogP contribution in [0.25, 0.3) is 10.9 Å². The third-order valence-corrected chi connectivity index (χ3v) is 6.67. The van der Waals surface area contributed by atoms with Gasteiger partial charge in [-0.25, -0.2) is 4.98 Å². The zero-order valence-corrected chi connectivity index (χ0v) is 20.0. The smallest absolute Gasteiger partial charge is 0.261 e. The molecule has 0 saturated heterocycles. The van der Waals surface area contributed by atoms with Crippen LogP contribution in [0, 0.1) is 6.92 Å². The quantitative estimate of drug-likeness (QED) is 0.443. The van der Waals surface area contributed by atoms with E-state index in [0.717, 1.165) is 22.3 Å². The Labute approximate surface area is 203 Å². The number of para-hydroxylation sites is 1. The Morgan fingerprint density at radius 1 is 1.03 bits per heavy atom. The zero-order chi connectivity index (χ0) is 24.5. The molecular formula is C28H27N3O4. The number of methoxy groups -OCH3 is 2. The number of rotatable bonds is 5. The molecule has 2 heterocycles. The Morgan fingerprint density at radius 3 is 2.51 bits per heavy atom. The second-order valence-electron chi connectivity index (χ2n) is 8.71. The van der Waals surface area contributed by atoms with Crippen LogP contribution in [0.1, 0.15) is 28.3 Å². The van der Waals surface area contributed by atoms with Crippen molar-refractivity contribution in [1.29, 1.82) is 0 Å². The molecule has 7 nitrogen and oxygen atoms in total. The van der Waals surface area contributed by atoms with Crippen molar-refractivity contribution in [3.8, 4) is 11.5 Å². The molecule has 0 aliphatic carbocycles. The number of carbonyl (C=O) groups is 1. The number of fused-ring (bicyclic) bond motifs is 2. The number of aromatic nitrogens is 2. The van der Waals surface area contributed by atoms with E-state index in [2.05, 4.69) is 4.98 Å². The summed E-state index contributed by atoms with van der Waals surface area (Å²) in [4.78, 5) is 33.1. The van der Waals surface area contributed by atoms with Crippen LogP contribution in [0.5, 0.6) is 11.5 Å². The molecule has 0 fully saturated rings. The Morgan fingerprint density at radius 2 is 1.77 bits per heavy atom. The Hall–Kier alpha value is -4.13. The summed E-state index contributed by atoms with van der Waals surface area (Å²) < 4.78 is 12.5. The molecule has 1 unspecified atom stereocenters. The number of amides is 1. The van der Waals surface area contributed by atoms with Crippen molar-refractivity contribution in [2.45, 2.75) is 25.9 Å². The van der Waals surface area contributed by atoms with Crippen LogP contribution in [-0.4, -0.2) is 41.1 Å². The number of aryl methyl sites for hydroxylation is 1. The van der Waals surface area contributed by atoms with Crippen LogP contribution in [-0.2, 0) is 17.8 Å². The van der Waals surface area contributed by atoms with E-state index in [1.54, 1.807) is 20.3 Å². The van der Waals surface area contributed by atoms with Crippen molar-refractivity contribution in [1.82, 2.24) is 14.5 Å². The van der Waals surface area contributed by atoms with Gasteiger partial charge in [0.25, 0.3) is 5.56 Å². The molecule has 0 radical (unpaired) electrons. The van der Waals surface area contributed by atoms with E-state index >= 15 is 0 Å². The van der Waals surface area contributed by atoms with Crippen molar-refractivity contribution in [2.75, 3.05) is 20.8 Å². The molecule has 1 amide bonds. The zero-order valence-electron chi connectivity index (χ0n) is 20.0. The fourth-order valence-corrected chi connectivity index (χ4v) is 4.90. The van der Waals surface area contributed by atoms with Crippen LogP contribution < -0.4 is 15.0 Å². The van der Waals surface area contributed by atoms with Gasteiger partial charge in [0.15, 0.2) is 11.5 Å². The van der Waals surface area contributed by atoms with Crippen molar-refractivity contribution in [3.63, 3.8) is 0 Å². The molecule has 3 aromatic carbocycles. The summed E-state index contributed by atoms with van der Waals surface area (Å²) in [6, 6.07) is 19.1. The van der Waals surface area contributed by atoms with E-state index < -0.39 is 0 Å². The van der Waals surface area contributed by atoms with E-state index in [4.69, 9.17) is 9.47 Å². The van der Waals surface area contributed by atoms with E-state index in [1.165, 1.54) is 10.9 Å². The second-order valence-corrected chi connectivity index (χ2v) is 8.71. The highest BCUT2D eigenvalue weighted by atomic mass is 16.5. The molecule has 5 rings (SSSR count). The fourth-order valence-electron chi connectivity index (χ4n) is 4.90. The van der Waals surface area contributed by atoms with E-state index in [1.807, 2.05) is 66.4 Å². The normalized spacial score (nSPS) is 15.1. The van der Waals surface area contributed by atoms with Crippen LogP contribution in [0.4, 0.5) is 0 Å². The Kier molecular flexibility index (Phi) is 5.99. The van der Waals surface area contributed by atoms with Crippen molar-refractivity contribution in [2.24, 2.45) is 0 Å². The predicted molar refractivity (Wildman–Crippen MR) is 134 cm³/mol. The number of ether oxygens (including phenoxy) is 2. The Bertz CT molecular complexity index is 1460. The third-order valence-electron chi connectivity index (χ3n) is 6.67. The van der Waals surface area contributed by atoms with Gasteiger partial charge >= 0.3 is 0 Å². The van der Waals surface area contributed by atoms with Crippen LogP contribution in [0.2, 0.25) is 0 Å². The summed E-state index contributed by atoms with van der Waals surface area (Å²) >= 11 is 0. The molecule has 35 heavy (non-hydrogen) atoms. The number of nitrogens with zero attached hydrogens (tertiary/aromatic N) is 3.